The van der Waals surface area contributed by atoms with E-state index in [0.717, 1.165) is 34.2 Å². The summed E-state index contributed by atoms with van der Waals surface area (Å²) in [6, 6.07) is 21.0. The fraction of sp³-hybridized carbons (Fsp3) is 0.207. The summed E-state index contributed by atoms with van der Waals surface area (Å²) in [5.74, 6) is 0.855. The molecule has 1 unspecified atom stereocenters. The van der Waals surface area contributed by atoms with Gasteiger partial charge in [-0.2, -0.15) is 4.98 Å². The first-order valence-electron chi connectivity index (χ1n) is 11.9. The van der Waals surface area contributed by atoms with Gasteiger partial charge in [-0.1, -0.05) is 83.8 Å². The highest BCUT2D eigenvalue weighted by molar-refractivity contribution is 6.31. The van der Waals surface area contributed by atoms with E-state index in [4.69, 9.17) is 21.1 Å². The van der Waals surface area contributed by atoms with Crippen molar-refractivity contribution < 1.29 is 9.32 Å². The van der Waals surface area contributed by atoms with Gasteiger partial charge in [-0.05, 0) is 56.0 Å². The summed E-state index contributed by atoms with van der Waals surface area (Å²) >= 11 is 6.40. The van der Waals surface area contributed by atoms with Crippen LogP contribution < -0.4 is 10.2 Å². The summed E-state index contributed by atoms with van der Waals surface area (Å²) in [5, 5.41) is 7.99. The number of urea groups is 1. The van der Waals surface area contributed by atoms with Gasteiger partial charge >= 0.3 is 6.03 Å². The van der Waals surface area contributed by atoms with Gasteiger partial charge in [-0.3, -0.25) is 4.90 Å². The van der Waals surface area contributed by atoms with Crippen molar-refractivity contribution in [1.29, 1.82) is 0 Å². The van der Waals surface area contributed by atoms with Gasteiger partial charge in [0.2, 0.25) is 5.82 Å². The number of hydrogen-bond acceptors (Lipinski definition) is 4. The highest BCUT2D eigenvalue weighted by atomic mass is 35.5. The molecule has 5 rings (SSSR count). The summed E-state index contributed by atoms with van der Waals surface area (Å²) in [7, 11) is 0. The van der Waals surface area contributed by atoms with Crippen molar-refractivity contribution in [2.45, 2.75) is 40.2 Å². The number of rotatable bonds is 5. The predicted octanol–water partition coefficient (Wildman–Crippen LogP) is 7.27. The Morgan fingerprint density at radius 3 is 2.39 bits per heavy atom. The normalized spacial score (nSPS) is 15.9. The summed E-state index contributed by atoms with van der Waals surface area (Å²) < 4.78 is 5.80. The molecule has 1 N–H and O–H groups in total. The number of amides is 2. The molecule has 1 aromatic heterocycles. The highest BCUT2D eigenvalue weighted by Gasteiger charge is 2.36. The first kappa shape index (κ1) is 23.8. The number of nitrogens with zero attached hydrogens (tertiary/aromatic N) is 3. The lowest BCUT2D eigenvalue weighted by molar-refractivity contribution is 0.244. The van der Waals surface area contributed by atoms with Crippen LogP contribution in [0, 0.1) is 13.8 Å². The highest BCUT2D eigenvalue weighted by Crippen LogP contribution is 2.39. The Morgan fingerprint density at radius 2 is 1.72 bits per heavy atom. The maximum absolute atomic E-state index is 13.4. The van der Waals surface area contributed by atoms with Gasteiger partial charge < -0.3 is 9.84 Å². The number of anilines is 1. The van der Waals surface area contributed by atoms with E-state index >= 15 is 0 Å². The molecular formula is C29H27ClN4O2. The van der Waals surface area contributed by atoms with Crippen molar-refractivity contribution in [1.82, 2.24) is 15.5 Å². The molecule has 0 spiro atoms. The number of carbonyl (C=O) groups is 1. The van der Waals surface area contributed by atoms with Crippen LogP contribution in [-0.2, 0) is 6.42 Å². The summed E-state index contributed by atoms with van der Waals surface area (Å²) in [5.41, 5.74) is 7.20. The molecule has 1 atom stereocenters. The summed E-state index contributed by atoms with van der Waals surface area (Å²) in [6.07, 6.45) is 0.959. The van der Waals surface area contributed by atoms with E-state index in [1.165, 1.54) is 5.56 Å². The second-order valence-electron chi connectivity index (χ2n) is 9.03. The molecule has 1 aliphatic heterocycles. The van der Waals surface area contributed by atoms with Crippen LogP contribution in [0.5, 0.6) is 0 Å². The van der Waals surface area contributed by atoms with Gasteiger partial charge in [0.25, 0.3) is 5.89 Å². The molecule has 0 saturated heterocycles. The molecule has 0 saturated carbocycles. The second-order valence-corrected chi connectivity index (χ2v) is 9.44. The van der Waals surface area contributed by atoms with Crippen LogP contribution >= 0.6 is 11.6 Å². The molecule has 2 amide bonds. The van der Waals surface area contributed by atoms with Crippen LogP contribution in [0.3, 0.4) is 0 Å². The molecular weight excluding hydrogens is 472 g/mol. The average Bonchev–Trinajstić information content (AvgIpc) is 3.36. The summed E-state index contributed by atoms with van der Waals surface area (Å²) in [4.78, 5) is 19.7. The van der Waals surface area contributed by atoms with Gasteiger partial charge in [0.05, 0.1) is 17.3 Å². The van der Waals surface area contributed by atoms with Crippen molar-refractivity contribution in [2.24, 2.45) is 0 Å². The van der Waals surface area contributed by atoms with E-state index in [1.807, 2.05) is 69.3 Å². The van der Waals surface area contributed by atoms with Gasteiger partial charge in [0, 0.05) is 16.3 Å². The van der Waals surface area contributed by atoms with Crippen molar-refractivity contribution in [3.8, 4) is 11.4 Å². The number of halogens is 1. The number of carbonyl (C=O) groups excluding carboxylic acids is 1. The Hall–Kier alpha value is -3.90. The Bertz CT molecular complexity index is 1460. The third kappa shape index (κ3) is 4.40. The lowest BCUT2D eigenvalue weighted by Gasteiger charge is -2.35. The number of hydrogen-bond donors (Lipinski definition) is 1. The lowest BCUT2D eigenvalue weighted by Crippen LogP contribution is -2.46. The first-order chi connectivity index (χ1) is 17.4. The molecule has 0 fully saturated rings. The molecule has 2 heterocycles. The zero-order valence-electron chi connectivity index (χ0n) is 20.7. The SMILES string of the molecule is CCc1ccc(-c2noc(C3=C(C)N(c4ccc(C)c(Cl)c4)C(=O)NC3c3ccc(C)cc3)n2)cc1. The third-order valence-corrected chi connectivity index (χ3v) is 6.99. The minimum atomic E-state index is -0.453. The topological polar surface area (TPSA) is 71.3 Å². The van der Waals surface area contributed by atoms with Crippen LogP contribution in [0.4, 0.5) is 10.5 Å². The largest absolute Gasteiger partial charge is 0.334 e. The smallest absolute Gasteiger partial charge is 0.326 e. The predicted molar refractivity (Wildman–Crippen MR) is 143 cm³/mol. The van der Waals surface area contributed by atoms with Gasteiger partial charge in [-0.15, -0.1) is 0 Å². The molecule has 7 heteroatoms. The molecule has 0 aliphatic carbocycles. The Kier molecular flexibility index (Phi) is 6.37. The van der Waals surface area contributed by atoms with E-state index in [9.17, 15) is 4.79 Å². The van der Waals surface area contributed by atoms with E-state index < -0.39 is 6.04 Å². The fourth-order valence-corrected chi connectivity index (χ4v) is 4.58. The zero-order chi connectivity index (χ0) is 25.4. The standard InChI is InChI=1S/C29H27ClN4O2/c1-5-20-9-13-22(14-10-20)27-32-28(36-33-27)25-19(4)34(23-15-8-18(3)24(30)16-23)29(35)31-26(25)21-11-6-17(2)7-12-21/h6-16,26H,5H2,1-4H3,(H,31,35). The van der Waals surface area contributed by atoms with E-state index in [-0.39, 0.29) is 6.03 Å². The molecule has 0 radical (unpaired) electrons. The number of nitrogens with one attached hydrogen (secondary N) is 1. The minimum absolute atomic E-state index is 0.253. The quantitative estimate of drug-likeness (QED) is 0.314. The fourth-order valence-electron chi connectivity index (χ4n) is 4.40. The van der Waals surface area contributed by atoms with Gasteiger partial charge in [0.1, 0.15) is 0 Å². The lowest BCUT2D eigenvalue weighted by atomic mass is 9.94. The van der Waals surface area contributed by atoms with Crippen molar-refractivity contribution in [3.63, 3.8) is 0 Å². The second kappa shape index (κ2) is 9.63. The zero-order valence-corrected chi connectivity index (χ0v) is 21.4. The molecule has 182 valence electrons. The molecule has 0 bridgehead atoms. The average molecular weight is 499 g/mol. The third-order valence-electron chi connectivity index (χ3n) is 6.59. The number of aryl methyl sites for hydroxylation is 3. The molecule has 3 aromatic carbocycles. The van der Waals surface area contributed by atoms with Crippen molar-refractivity contribution >= 4 is 28.9 Å². The van der Waals surface area contributed by atoms with Crippen LogP contribution in [0.1, 0.15) is 48.0 Å². The Morgan fingerprint density at radius 1 is 1.00 bits per heavy atom. The minimum Gasteiger partial charge on any atom is -0.334 e. The number of benzene rings is 3. The van der Waals surface area contributed by atoms with Crippen molar-refractivity contribution in [2.75, 3.05) is 4.90 Å². The Balaban J connectivity index is 1.64. The van der Waals surface area contributed by atoms with Crippen LogP contribution in [0.25, 0.3) is 17.0 Å². The number of aromatic nitrogens is 2. The van der Waals surface area contributed by atoms with E-state index in [0.29, 0.717) is 28.1 Å². The van der Waals surface area contributed by atoms with E-state index in [1.54, 1.807) is 11.0 Å². The number of allylic oxidation sites excluding steroid dienone is 1. The monoisotopic (exact) mass is 498 g/mol. The molecule has 36 heavy (non-hydrogen) atoms. The maximum Gasteiger partial charge on any atom is 0.326 e. The van der Waals surface area contributed by atoms with E-state index in [2.05, 4.69) is 29.5 Å². The summed E-state index contributed by atoms with van der Waals surface area (Å²) in [6.45, 7) is 7.97. The first-order valence-corrected chi connectivity index (χ1v) is 12.3. The Labute approximate surface area is 215 Å². The maximum atomic E-state index is 13.4. The van der Waals surface area contributed by atoms with Crippen LogP contribution in [0.2, 0.25) is 5.02 Å². The molecule has 6 nitrogen and oxygen atoms in total. The molecule has 4 aromatic rings. The van der Waals surface area contributed by atoms with Gasteiger partial charge in [-0.25, -0.2) is 4.79 Å². The van der Waals surface area contributed by atoms with Gasteiger partial charge in [0.15, 0.2) is 0 Å². The van der Waals surface area contributed by atoms with Crippen molar-refractivity contribution in [3.05, 3.63) is 106 Å². The van der Waals surface area contributed by atoms with Crippen LogP contribution in [-0.4, -0.2) is 16.2 Å². The van der Waals surface area contributed by atoms with Crippen LogP contribution in [0.15, 0.2) is 77.0 Å². The molecule has 1 aliphatic rings.